The van der Waals surface area contributed by atoms with Crippen molar-refractivity contribution in [1.82, 2.24) is 0 Å². The first-order valence-electron chi connectivity index (χ1n) is 5.51. The summed E-state index contributed by atoms with van der Waals surface area (Å²) in [7, 11) is 0. The molecule has 1 saturated heterocycles. The third-order valence-corrected chi connectivity index (χ3v) is 3.79. The SMILES string of the molecule is Cl.N[C@@H](c1cccc(Br)c1O)C1CCOCC1. The van der Waals surface area contributed by atoms with Crippen LogP contribution in [0.3, 0.4) is 0 Å². The molecule has 96 valence electrons. The normalized spacial score (nSPS) is 18.5. The lowest BCUT2D eigenvalue weighted by atomic mass is 9.87. The number of aromatic hydroxyl groups is 1. The number of ether oxygens (including phenoxy) is 1. The molecule has 1 heterocycles. The minimum atomic E-state index is -0.110. The topological polar surface area (TPSA) is 55.5 Å². The number of nitrogens with two attached hydrogens (primary N) is 1. The van der Waals surface area contributed by atoms with Crippen LogP contribution < -0.4 is 5.73 Å². The maximum Gasteiger partial charge on any atom is 0.134 e. The standard InChI is InChI=1S/C12H16BrNO2.ClH/c13-10-3-1-2-9(12(10)15)11(14)8-4-6-16-7-5-8;/h1-3,8,11,15H,4-7,14H2;1H/t11-;/m1./s1. The fraction of sp³-hybridized carbons (Fsp3) is 0.500. The van der Waals surface area contributed by atoms with Gasteiger partial charge < -0.3 is 15.6 Å². The molecule has 1 aliphatic heterocycles. The molecule has 3 N–H and O–H groups in total. The average Bonchev–Trinajstić information content (AvgIpc) is 2.33. The van der Waals surface area contributed by atoms with Gasteiger partial charge in [-0.05, 0) is 40.8 Å². The van der Waals surface area contributed by atoms with Gasteiger partial charge >= 0.3 is 0 Å². The van der Waals surface area contributed by atoms with Crippen molar-refractivity contribution in [3.8, 4) is 5.75 Å². The molecular weight excluding hydrogens is 305 g/mol. The molecule has 3 nitrogen and oxygen atoms in total. The van der Waals surface area contributed by atoms with E-state index in [1.807, 2.05) is 18.2 Å². The molecule has 1 aromatic carbocycles. The summed E-state index contributed by atoms with van der Waals surface area (Å²) in [5.74, 6) is 0.662. The van der Waals surface area contributed by atoms with Crippen molar-refractivity contribution in [2.75, 3.05) is 13.2 Å². The Bertz CT molecular complexity index is 370. The molecule has 0 bridgehead atoms. The zero-order valence-corrected chi connectivity index (χ0v) is 11.8. The predicted molar refractivity (Wildman–Crippen MR) is 73.5 cm³/mol. The van der Waals surface area contributed by atoms with Crippen molar-refractivity contribution in [2.45, 2.75) is 18.9 Å². The van der Waals surface area contributed by atoms with Crippen molar-refractivity contribution in [1.29, 1.82) is 0 Å². The smallest absolute Gasteiger partial charge is 0.134 e. The second-order valence-electron chi connectivity index (χ2n) is 4.15. The van der Waals surface area contributed by atoms with E-state index in [1.165, 1.54) is 0 Å². The number of benzene rings is 1. The van der Waals surface area contributed by atoms with E-state index in [2.05, 4.69) is 15.9 Å². The average molecular weight is 323 g/mol. The van der Waals surface area contributed by atoms with E-state index >= 15 is 0 Å². The summed E-state index contributed by atoms with van der Waals surface area (Å²) >= 11 is 3.31. The Morgan fingerprint density at radius 3 is 2.65 bits per heavy atom. The van der Waals surface area contributed by atoms with E-state index in [-0.39, 0.29) is 24.2 Å². The Morgan fingerprint density at radius 1 is 1.35 bits per heavy atom. The summed E-state index contributed by atoms with van der Waals surface area (Å²) < 4.78 is 6.01. The third kappa shape index (κ3) is 3.35. The van der Waals surface area contributed by atoms with Crippen molar-refractivity contribution in [3.63, 3.8) is 0 Å². The summed E-state index contributed by atoms with van der Waals surface area (Å²) in [6.07, 6.45) is 1.93. The Morgan fingerprint density at radius 2 is 2.00 bits per heavy atom. The third-order valence-electron chi connectivity index (χ3n) is 3.15. The van der Waals surface area contributed by atoms with Crippen molar-refractivity contribution < 1.29 is 9.84 Å². The van der Waals surface area contributed by atoms with Gasteiger partial charge in [0.15, 0.2) is 0 Å². The van der Waals surface area contributed by atoms with E-state index in [1.54, 1.807) is 0 Å². The molecule has 1 fully saturated rings. The molecule has 0 spiro atoms. The van der Waals surface area contributed by atoms with E-state index in [9.17, 15) is 5.11 Å². The van der Waals surface area contributed by atoms with Crippen molar-refractivity contribution >= 4 is 28.3 Å². The van der Waals surface area contributed by atoms with Crippen LogP contribution in [0.2, 0.25) is 0 Å². The Hall–Kier alpha value is -0.290. The van der Waals surface area contributed by atoms with Crippen LogP contribution in [-0.2, 0) is 4.74 Å². The number of phenolic OH excluding ortho intramolecular Hbond substituents is 1. The predicted octanol–water partition coefficient (Wildman–Crippen LogP) is 3.00. The Balaban J connectivity index is 0.00000144. The Kier molecular flexibility index (Phi) is 5.73. The molecule has 1 atom stereocenters. The first kappa shape index (κ1) is 14.8. The highest BCUT2D eigenvalue weighted by Gasteiger charge is 2.24. The monoisotopic (exact) mass is 321 g/mol. The zero-order valence-electron chi connectivity index (χ0n) is 9.43. The summed E-state index contributed by atoms with van der Waals surface area (Å²) in [5, 5.41) is 9.94. The van der Waals surface area contributed by atoms with Crippen molar-refractivity contribution in [2.24, 2.45) is 11.7 Å². The molecule has 17 heavy (non-hydrogen) atoms. The van der Waals surface area contributed by atoms with Gasteiger partial charge in [0.2, 0.25) is 0 Å². The second kappa shape index (κ2) is 6.59. The van der Waals surface area contributed by atoms with Crippen LogP contribution in [0.25, 0.3) is 0 Å². The highest BCUT2D eigenvalue weighted by molar-refractivity contribution is 9.10. The van der Waals surface area contributed by atoms with Gasteiger partial charge in [0.1, 0.15) is 5.75 Å². The van der Waals surface area contributed by atoms with Gasteiger partial charge in [0, 0.05) is 24.8 Å². The molecular formula is C12H17BrClNO2. The molecule has 0 amide bonds. The van der Waals surface area contributed by atoms with Crippen LogP contribution in [-0.4, -0.2) is 18.3 Å². The Labute approximate surface area is 116 Å². The van der Waals surface area contributed by atoms with Crippen LogP contribution in [0.5, 0.6) is 5.75 Å². The van der Waals surface area contributed by atoms with Crippen LogP contribution >= 0.6 is 28.3 Å². The molecule has 0 aromatic heterocycles. The van der Waals surface area contributed by atoms with Crippen LogP contribution in [0, 0.1) is 5.92 Å². The van der Waals surface area contributed by atoms with Gasteiger partial charge in [0.05, 0.1) is 4.47 Å². The highest BCUT2D eigenvalue weighted by atomic mass is 79.9. The summed E-state index contributed by atoms with van der Waals surface area (Å²) in [6, 6.07) is 5.50. The number of rotatable bonds is 2. The minimum absolute atomic E-state index is 0. The summed E-state index contributed by atoms with van der Waals surface area (Å²) in [5.41, 5.74) is 7.02. The van der Waals surface area contributed by atoms with Gasteiger partial charge in [-0.25, -0.2) is 0 Å². The lowest BCUT2D eigenvalue weighted by molar-refractivity contribution is 0.0581. The first-order chi connectivity index (χ1) is 7.70. The van der Waals surface area contributed by atoms with E-state index in [0.29, 0.717) is 10.4 Å². The van der Waals surface area contributed by atoms with Gasteiger partial charge in [-0.3, -0.25) is 0 Å². The number of halogens is 2. The molecule has 0 unspecified atom stereocenters. The van der Waals surface area contributed by atoms with E-state index in [4.69, 9.17) is 10.5 Å². The summed E-state index contributed by atoms with van der Waals surface area (Å²) in [4.78, 5) is 0. The van der Waals surface area contributed by atoms with Gasteiger partial charge in [-0.15, -0.1) is 12.4 Å². The first-order valence-corrected chi connectivity index (χ1v) is 6.30. The summed E-state index contributed by atoms with van der Waals surface area (Å²) in [6.45, 7) is 1.54. The van der Waals surface area contributed by atoms with Crippen molar-refractivity contribution in [3.05, 3.63) is 28.2 Å². The van der Waals surface area contributed by atoms with Crippen LogP contribution in [0.1, 0.15) is 24.4 Å². The lowest BCUT2D eigenvalue weighted by Crippen LogP contribution is -2.27. The number of hydrogen-bond donors (Lipinski definition) is 2. The number of phenols is 1. The van der Waals surface area contributed by atoms with Gasteiger partial charge in [0.25, 0.3) is 0 Å². The number of para-hydroxylation sites is 1. The van der Waals surface area contributed by atoms with E-state index in [0.717, 1.165) is 31.6 Å². The lowest BCUT2D eigenvalue weighted by Gasteiger charge is -2.28. The maximum atomic E-state index is 9.94. The van der Waals surface area contributed by atoms with Crippen LogP contribution in [0.4, 0.5) is 0 Å². The molecule has 1 aromatic rings. The quantitative estimate of drug-likeness (QED) is 0.880. The molecule has 0 saturated carbocycles. The molecule has 1 aliphatic rings. The molecule has 2 rings (SSSR count). The van der Waals surface area contributed by atoms with Gasteiger partial charge in [-0.2, -0.15) is 0 Å². The second-order valence-corrected chi connectivity index (χ2v) is 5.01. The molecule has 0 radical (unpaired) electrons. The molecule has 5 heteroatoms. The van der Waals surface area contributed by atoms with Crippen LogP contribution in [0.15, 0.2) is 22.7 Å². The van der Waals surface area contributed by atoms with E-state index < -0.39 is 0 Å². The fourth-order valence-corrected chi connectivity index (χ4v) is 2.51. The minimum Gasteiger partial charge on any atom is -0.506 e. The molecule has 0 aliphatic carbocycles. The largest absolute Gasteiger partial charge is 0.506 e. The van der Waals surface area contributed by atoms with Gasteiger partial charge in [-0.1, -0.05) is 12.1 Å². The maximum absolute atomic E-state index is 9.94. The highest BCUT2D eigenvalue weighted by Crippen LogP contribution is 2.36. The zero-order chi connectivity index (χ0) is 11.5. The number of hydrogen-bond acceptors (Lipinski definition) is 3. The fourth-order valence-electron chi connectivity index (χ4n) is 2.13.